The number of nitrogens with zero attached hydrogens (tertiary/aromatic N) is 8. The number of hydrogen-bond acceptors (Lipinski definition) is 11. The van der Waals surface area contributed by atoms with Gasteiger partial charge in [-0.05, 0) is 152 Å². The Bertz CT molecular complexity index is 3030. The monoisotopic (exact) mass is 1030 g/mol. The zero-order valence-electron chi connectivity index (χ0n) is 43.8. The number of likely N-dealkylation sites (tertiary alicyclic amines) is 3. The van der Waals surface area contributed by atoms with E-state index in [-0.39, 0.29) is 71.1 Å². The first-order chi connectivity index (χ1) is 36.9. The second-order valence-corrected chi connectivity index (χ2v) is 23.1. The zero-order valence-corrected chi connectivity index (χ0v) is 43.8. The highest BCUT2D eigenvalue weighted by Gasteiger charge is 2.56. The second-order valence-electron chi connectivity index (χ2n) is 23.1. The Hall–Kier alpha value is -6.75. The number of nitrogens with one attached hydrogen (secondary N) is 3. The Morgan fingerprint density at radius 3 is 2.20 bits per heavy atom. The van der Waals surface area contributed by atoms with Crippen molar-refractivity contribution in [3.8, 4) is 11.3 Å². The number of piperidine rings is 4. The van der Waals surface area contributed by atoms with Gasteiger partial charge in [-0.1, -0.05) is 30.7 Å². The summed E-state index contributed by atoms with van der Waals surface area (Å²) in [5.74, 6) is -0.463. The molecule has 4 saturated heterocycles. The van der Waals surface area contributed by atoms with Crippen LogP contribution in [0.3, 0.4) is 0 Å². The smallest absolute Gasteiger partial charge is 0.238 e. The first-order valence-corrected chi connectivity index (χ1v) is 28.2. The molecule has 6 fully saturated rings. The van der Waals surface area contributed by atoms with Gasteiger partial charge in [0, 0.05) is 91.7 Å². The Labute approximate surface area is 443 Å². The van der Waals surface area contributed by atoms with Crippen molar-refractivity contribution < 1.29 is 28.4 Å². The van der Waals surface area contributed by atoms with Gasteiger partial charge in [0.2, 0.25) is 29.5 Å². The number of imidazole rings is 1. The number of carbonyl (C=O) groups excluding carboxylic acids is 5. The van der Waals surface area contributed by atoms with Crippen LogP contribution < -0.4 is 20.9 Å². The van der Waals surface area contributed by atoms with Crippen molar-refractivity contribution in [2.24, 2.45) is 11.8 Å². The molecule has 2 aliphatic carbocycles. The molecule has 5 amide bonds. The number of anilines is 4. The van der Waals surface area contributed by atoms with Crippen molar-refractivity contribution in [3.63, 3.8) is 0 Å². The topological polar surface area (TPSA) is 178 Å². The van der Waals surface area contributed by atoms with Crippen molar-refractivity contribution >= 4 is 63.4 Å². The predicted octanol–water partition coefficient (Wildman–Crippen LogP) is 8.61. The van der Waals surface area contributed by atoms with Gasteiger partial charge in [0.15, 0.2) is 11.6 Å². The number of rotatable bonds is 11. The molecule has 8 heterocycles. The minimum absolute atomic E-state index is 0.0240. The van der Waals surface area contributed by atoms with Crippen molar-refractivity contribution in [1.29, 1.82) is 0 Å². The predicted molar refractivity (Wildman–Crippen MR) is 288 cm³/mol. The fourth-order valence-corrected chi connectivity index (χ4v) is 13.8. The molecule has 0 bridgehead atoms. The molecular formula is C59H70FN11O5. The maximum atomic E-state index is 15.3. The number of imide groups is 1. The number of fused-ring (bicyclic) bond motifs is 3. The Kier molecular flexibility index (Phi) is 13.6. The maximum Gasteiger partial charge on any atom is 0.238 e. The van der Waals surface area contributed by atoms with Gasteiger partial charge in [-0.25, -0.2) is 14.4 Å². The van der Waals surface area contributed by atoms with Gasteiger partial charge in [-0.15, -0.1) is 0 Å². The molecule has 1 atom stereocenters. The third-order valence-electron chi connectivity index (χ3n) is 18.3. The molecule has 7 aliphatic rings. The second kappa shape index (κ2) is 20.7. The summed E-state index contributed by atoms with van der Waals surface area (Å²) in [6.07, 6.45) is 16.8. The lowest BCUT2D eigenvalue weighted by molar-refractivity contribution is -0.144. The van der Waals surface area contributed by atoms with E-state index < -0.39 is 11.2 Å². The number of aromatic nitrogens is 4. The van der Waals surface area contributed by atoms with Crippen molar-refractivity contribution in [1.82, 2.24) is 39.5 Å². The Morgan fingerprint density at radius 1 is 0.789 bits per heavy atom. The van der Waals surface area contributed by atoms with Gasteiger partial charge in [0.25, 0.3) is 0 Å². The summed E-state index contributed by atoms with van der Waals surface area (Å²) < 4.78 is 17.1. The third-order valence-corrected chi connectivity index (χ3v) is 18.3. The average molecular weight is 1030 g/mol. The van der Waals surface area contributed by atoms with Gasteiger partial charge in [0.1, 0.15) is 5.52 Å². The SMILES string of the molecule is CC(C)n1cnc2cc(-c3ccc4c(c3)N(C3CC(N5CCCCC5)C3)C(=O)C43CCN(C(=O)C4CCN(C(=O)C5CCC(Nc6ccc([C@H]7CCC(=O)NC7=O)cc6)CC5)CC4)CC3)nc(Nc3ccncc3F)c21. The van der Waals surface area contributed by atoms with E-state index in [4.69, 9.17) is 9.97 Å². The fourth-order valence-electron chi connectivity index (χ4n) is 13.8. The number of hydrogen-bond donors (Lipinski definition) is 3. The van der Waals surface area contributed by atoms with E-state index in [0.29, 0.717) is 82.3 Å². The molecule has 5 aromatic rings. The van der Waals surface area contributed by atoms with Gasteiger partial charge in [0.05, 0.1) is 40.8 Å². The zero-order chi connectivity index (χ0) is 52.2. The first kappa shape index (κ1) is 50.1. The molecule has 17 heteroatoms. The summed E-state index contributed by atoms with van der Waals surface area (Å²) in [5.41, 5.74) is 6.35. The van der Waals surface area contributed by atoms with Crippen molar-refractivity contribution in [2.45, 2.75) is 146 Å². The van der Waals surface area contributed by atoms with Crippen LogP contribution >= 0.6 is 0 Å². The summed E-state index contributed by atoms with van der Waals surface area (Å²) in [5, 5.41) is 9.32. The number of benzene rings is 2. The van der Waals surface area contributed by atoms with Crippen molar-refractivity contribution in [3.05, 3.63) is 90.3 Å². The minimum atomic E-state index is -0.744. The standard InChI is InChI=1S/C59H70FN11O5/c1-36(2)70-35-62-50-33-49(65-54(53(50)70)64-48-18-23-61-34-47(48)60)40-10-16-46-51(30-40)71(44-31-43(32-44)67-24-4-3-5-25-67)58(76)59(46)21-28-69(29-22-59)57(75)39-19-26-68(27-20-39)56(74)38-8-13-42(14-9-38)63-41-11-6-37(7-12-41)45-15-17-52(72)66-55(45)73/h6-7,10-12,16,18,23,30,33-36,38-39,42-45,63H,3-5,8-9,13-15,17,19-22,24-29,31-32H2,1-2H3,(H,61,64,65)(H,66,72,73)/t38?,42?,43?,44?,45-/m1/s1. The van der Waals surface area contributed by atoms with Crippen molar-refractivity contribution in [2.75, 3.05) is 54.8 Å². The summed E-state index contributed by atoms with van der Waals surface area (Å²) in [7, 11) is 0. The third kappa shape index (κ3) is 9.39. The summed E-state index contributed by atoms with van der Waals surface area (Å²) in [4.78, 5) is 90.0. The molecule has 5 aliphatic heterocycles. The highest BCUT2D eigenvalue weighted by atomic mass is 19.1. The molecular weight excluding hydrogens is 962 g/mol. The van der Waals surface area contributed by atoms with Crippen LogP contribution in [0.25, 0.3) is 22.3 Å². The molecule has 3 N–H and O–H groups in total. The number of carbonyl (C=O) groups is 5. The number of amides is 5. The summed E-state index contributed by atoms with van der Waals surface area (Å²) in [6.45, 7) is 8.53. The van der Waals surface area contributed by atoms with Crippen LogP contribution in [0.1, 0.15) is 133 Å². The van der Waals surface area contributed by atoms with E-state index in [1.54, 1.807) is 18.6 Å². The maximum absolute atomic E-state index is 15.3. The molecule has 1 spiro atoms. The number of halogens is 1. The van der Waals surface area contributed by atoms with Crippen LogP contribution in [0.5, 0.6) is 0 Å². The van der Waals surface area contributed by atoms with Crippen LogP contribution in [0.4, 0.5) is 27.3 Å². The Morgan fingerprint density at radius 2 is 1.50 bits per heavy atom. The van der Waals surface area contributed by atoms with Gasteiger partial charge in [-0.3, -0.25) is 34.3 Å². The molecule has 12 rings (SSSR count). The summed E-state index contributed by atoms with van der Waals surface area (Å²) >= 11 is 0. The minimum Gasteiger partial charge on any atom is -0.382 e. The van der Waals surface area contributed by atoms with Crippen LogP contribution in [0.15, 0.2) is 73.3 Å². The van der Waals surface area contributed by atoms with E-state index in [1.807, 2.05) is 44.7 Å². The first-order valence-electron chi connectivity index (χ1n) is 28.2. The quantitative estimate of drug-likeness (QED) is 0.108. The average Bonchev–Trinajstić information content (AvgIpc) is 4.00. The molecule has 2 saturated carbocycles. The lowest BCUT2D eigenvalue weighted by atomic mass is 9.73. The van der Waals surface area contributed by atoms with Gasteiger partial charge in [-0.2, -0.15) is 0 Å². The summed E-state index contributed by atoms with van der Waals surface area (Å²) in [6, 6.07) is 18.7. The largest absolute Gasteiger partial charge is 0.382 e. The van der Waals surface area contributed by atoms with Crippen LogP contribution in [0.2, 0.25) is 0 Å². The van der Waals surface area contributed by atoms with Crippen LogP contribution in [-0.4, -0.2) is 121 Å². The molecule has 0 unspecified atom stereocenters. The lowest BCUT2D eigenvalue weighted by Crippen LogP contribution is -2.58. The van der Waals surface area contributed by atoms with E-state index in [2.05, 4.69) is 62.8 Å². The van der Waals surface area contributed by atoms with Crippen LogP contribution in [0, 0.1) is 17.7 Å². The normalized spacial score (nSPS) is 25.2. The highest BCUT2D eigenvalue weighted by molar-refractivity contribution is 6.09. The highest BCUT2D eigenvalue weighted by Crippen LogP contribution is 2.52. The molecule has 398 valence electrons. The van der Waals surface area contributed by atoms with E-state index >= 15 is 9.18 Å². The number of pyridine rings is 2. The van der Waals surface area contributed by atoms with Gasteiger partial charge >= 0.3 is 0 Å². The molecule has 2 aromatic carbocycles. The van der Waals surface area contributed by atoms with E-state index in [1.165, 1.54) is 25.5 Å². The van der Waals surface area contributed by atoms with Crippen LogP contribution in [-0.2, 0) is 29.4 Å². The fraction of sp³-hybridized carbons (Fsp3) is 0.525. The molecule has 16 nitrogen and oxygen atoms in total. The van der Waals surface area contributed by atoms with E-state index in [0.717, 1.165) is 90.7 Å². The molecule has 0 radical (unpaired) electrons. The molecule has 76 heavy (non-hydrogen) atoms. The Balaban J connectivity index is 0.699. The van der Waals surface area contributed by atoms with E-state index in [9.17, 15) is 19.2 Å². The lowest BCUT2D eigenvalue weighted by Gasteiger charge is -2.48. The molecule has 3 aromatic heterocycles. The van der Waals surface area contributed by atoms with Gasteiger partial charge < -0.3 is 34.8 Å².